The number of hydrogen-bond donors (Lipinski definition) is 0. The molecule has 1 nitrogen and oxygen atoms in total. The van der Waals surface area contributed by atoms with E-state index in [-0.39, 0.29) is 0 Å². The maximum atomic E-state index is 4.48. The van der Waals surface area contributed by atoms with Gasteiger partial charge in [-0.1, -0.05) is 33.6 Å². The van der Waals surface area contributed by atoms with E-state index in [4.69, 9.17) is 0 Å². The SMILES string of the molecule is CCCCc1ncc(C(C)CCC)s1. The highest BCUT2D eigenvalue weighted by Gasteiger charge is 2.08. The average Bonchev–Trinajstić information content (AvgIpc) is 2.63. The molecule has 1 atom stereocenters. The Kier molecular flexibility index (Phi) is 5.16. The van der Waals surface area contributed by atoms with Crippen molar-refractivity contribution in [3.8, 4) is 0 Å². The van der Waals surface area contributed by atoms with Crippen molar-refractivity contribution in [2.75, 3.05) is 0 Å². The zero-order chi connectivity index (χ0) is 10.4. The van der Waals surface area contributed by atoms with Gasteiger partial charge in [-0.2, -0.15) is 0 Å². The minimum atomic E-state index is 0.702. The molecule has 2 heteroatoms. The first kappa shape index (κ1) is 11.7. The van der Waals surface area contributed by atoms with Gasteiger partial charge in [0.15, 0.2) is 0 Å². The van der Waals surface area contributed by atoms with Crippen LogP contribution in [0.5, 0.6) is 0 Å². The molecule has 1 heterocycles. The molecule has 0 aliphatic rings. The zero-order valence-electron chi connectivity index (χ0n) is 9.55. The van der Waals surface area contributed by atoms with Crippen LogP contribution in [0.4, 0.5) is 0 Å². The summed E-state index contributed by atoms with van der Waals surface area (Å²) >= 11 is 1.91. The maximum Gasteiger partial charge on any atom is 0.0927 e. The summed E-state index contributed by atoms with van der Waals surface area (Å²) in [6.07, 6.45) is 8.34. The number of hydrogen-bond acceptors (Lipinski definition) is 2. The zero-order valence-corrected chi connectivity index (χ0v) is 10.4. The van der Waals surface area contributed by atoms with Crippen molar-refractivity contribution in [3.63, 3.8) is 0 Å². The van der Waals surface area contributed by atoms with E-state index in [1.807, 2.05) is 11.3 Å². The van der Waals surface area contributed by atoms with Crippen molar-refractivity contribution in [1.82, 2.24) is 4.98 Å². The Labute approximate surface area is 91.6 Å². The van der Waals surface area contributed by atoms with Gasteiger partial charge >= 0.3 is 0 Å². The lowest BCUT2D eigenvalue weighted by atomic mass is 10.1. The van der Waals surface area contributed by atoms with E-state index in [9.17, 15) is 0 Å². The van der Waals surface area contributed by atoms with Gasteiger partial charge < -0.3 is 0 Å². The highest BCUT2D eigenvalue weighted by molar-refractivity contribution is 7.11. The second-order valence-corrected chi connectivity index (χ2v) is 5.10. The quantitative estimate of drug-likeness (QED) is 0.680. The van der Waals surface area contributed by atoms with Crippen LogP contribution in [0.2, 0.25) is 0 Å². The first-order chi connectivity index (χ1) is 6.77. The van der Waals surface area contributed by atoms with Crippen LogP contribution in [0, 0.1) is 0 Å². The van der Waals surface area contributed by atoms with Crippen molar-refractivity contribution in [2.24, 2.45) is 0 Å². The Morgan fingerprint density at radius 1 is 1.36 bits per heavy atom. The Bertz CT molecular complexity index is 255. The van der Waals surface area contributed by atoms with Gasteiger partial charge in [0.1, 0.15) is 0 Å². The molecule has 0 saturated carbocycles. The third kappa shape index (κ3) is 3.41. The number of unbranched alkanes of at least 4 members (excludes halogenated alkanes) is 1. The molecule has 0 N–H and O–H groups in total. The molecule has 14 heavy (non-hydrogen) atoms. The molecular formula is C12H21NS. The highest BCUT2D eigenvalue weighted by atomic mass is 32.1. The van der Waals surface area contributed by atoms with Crippen molar-refractivity contribution >= 4 is 11.3 Å². The van der Waals surface area contributed by atoms with Gasteiger partial charge in [0.25, 0.3) is 0 Å². The smallest absolute Gasteiger partial charge is 0.0927 e. The summed E-state index contributed by atoms with van der Waals surface area (Å²) in [7, 11) is 0. The van der Waals surface area contributed by atoms with Gasteiger partial charge in [0, 0.05) is 11.1 Å². The molecule has 1 unspecified atom stereocenters. The summed E-state index contributed by atoms with van der Waals surface area (Å²) in [5, 5.41) is 1.32. The lowest BCUT2D eigenvalue weighted by molar-refractivity contribution is 0.674. The van der Waals surface area contributed by atoms with Gasteiger partial charge in [0.05, 0.1) is 5.01 Å². The first-order valence-electron chi connectivity index (χ1n) is 5.72. The molecule has 1 rings (SSSR count). The van der Waals surface area contributed by atoms with E-state index in [2.05, 4.69) is 32.0 Å². The van der Waals surface area contributed by atoms with Gasteiger partial charge in [-0.25, -0.2) is 4.98 Å². The van der Waals surface area contributed by atoms with E-state index in [1.54, 1.807) is 0 Å². The predicted octanol–water partition coefficient (Wildman–Crippen LogP) is 4.39. The molecule has 0 fully saturated rings. The molecule has 1 aromatic heterocycles. The molecule has 0 amide bonds. The minimum Gasteiger partial charge on any atom is -0.249 e. The summed E-state index contributed by atoms with van der Waals surface area (Å²) in [6.45, 7) is 6.78. The Morgan fingerprint density at radius 3 is 2.79 bits per heavy atom. The number of thiazole rings is 1. The highest BCUT2D eigenvalue weighted by Crippen LogP contribution is 2.26. The van der Waals surface area contributed by atoms with E-state index < -0.39 is 0 Å². The molecule has 1 aromatic rings. The van der Waals surface area contributed by atoms with Gasteiger partial charge in [-0.3, -0.25) is 0 Å². The van der Waals surface area contributed by atoms with Crippen LogP contribution in [-0.4, -0.2) is 4.98 Å². The van der Waals surface area contributed by atoms with Crippen LogP contribution in [0.15, 0.2) is 6.20 Å². The second kappa shape index (κ2) is 6.18. The third-order valence-corrected chi connectivity index (χ3v) is 3.81. The molecule has 0 aliphatic carbocycles. The van der Waals surface area contributed by atoms with Gasteiger partial charge in [0.2, 0.25) is 0 Å². The molecule has 0 saturated heterocycles. The Balaban J connectivity index is 2.49. The predicted molar refractivity (Wildman–Crippen MR) is 64.0 cm³/mol. The second-order valence-electron chi connectivity index (χ2n) is 3.95. The Hall–Kier alpha value is -0.370. The summed E-state index contributed by atoms with van der Waals surface area (Å²) in [5.74, 6) is 0.702. The van der Waals surface area contributed by atoms with Gasteiger partial charge in [-0.15, -0.1) is 11.3 Å². The monoisotopic (exact) mass is 211 g/mol. The Morgan fingerprint density at radius 2 is 2.14 bits per heavy atom. The molecular weight excluding hydrogens is 190 g/mol. The van der Waals surface area contributed by atoms with Gasteiger partial charge in [-0.05, 0) is 25.2 Å². The summed E-state index contributed by atoms with van der Waals surface area (Å²) in [5.41, 5.74) is 0. The van der Waals surface area contributed by atoms with Crippen molar-refractivity contribution in [3.05, 3.63) is 16.1 Å². The van der Waals surface area contributed by atoms with E-state index in [1.165, 1.54) is 42.0 Å². The molecule has 80 valence electrons. The fourth-order valence-corrected chi connectivity index (χ4v) is 2.62. The topological polar surface area (TPSA) is 12.9 Å². The number of aryl methyl sites for hydroxylation is 1. The van der Waals surface area contributed by atoms with Crippen LogP contribution >= 0.6 is 11.3 Å². The van der Waals surface area contributed by atoms with Crippen LogP contribution in [-0.2, 0) is 6.42 Å². The van der Waals surface area contributed by atoms with E-state index >= 15 is 0 Å². The molecule has 0 radical (unpaired) electrons. The van der Waals surface area contributed by atoms with Crippen LogP contribution in [0.3, 0.4) is 0 Å². The summed E-state index contributed by atoms with van der Waals surface area (Å²) in [6, 6.07) is 0. The fourth-order valence-electron chi connectivity index (χ4n) is 1.57. The number of aromatic nitrogens is 1. The first-order valence-corrected chi connectivity index (χ1v) is 6.54. The van der Waals surface area contributed by atoms with E-state index in [0.717, 1.165) is 0 Å². The fraction of sp³-hybridized carbons (Fsp3) is 0.750. The molecule has 0 bridgehead atoms. The minimum absolute atomic E-state index is 0.702. The normalized spacial score (nSPS) is 13.1. The number of nitrogens with zero attached hydrogens (tertiary/aromatic N) is 1. The summed E-state index contributed by atoms with van der Waals surface area (Å²) < 4.78 is 0. The largest absolute Gasteiger partial charge is 0.249 e. The lowest BCUT2D eigenvalue weighted by Crippen LogP contribution is -1.87. The third-order valence-electron chi connectivity index (χ3n) is 2.52. The van der Waals surface area contributed by atoms with Crippen molar-refractivity contribution in [2.45, 2.75) is 58.8 Å². The van der Waals surface area contributed by atoms with E-state index in [0.29, 0.717) is 5.92 Å². The molecule has 0 aliphatic heterocycles. The van der Waals surface area contributed by atoms with Crippen LogP contribution in [0.1, 0.15) is 62.3 Å². The lowest BCUT2D eigenvalue weighted by Gasteiger charge is -2.04. The van der Waals surface area contributed by atoms with Crippen LogP contribution in [0.25, 0.3) is 0 Å². The summed E-state index contributed by atoms with van der Waals surface area (Å²) in [4.78, 5) is 5.95. The van der Waals surface area contributed by atoms with Crippen molar-refractivity contribution < 1.29 is 0 Å². The number of rotatable bonds is 6. The maximum absolute atomic E-state index is 4.48. The molecule has 0 spiro atoms. The average molecular weight is 211 g/mol. The molecule has 0 aromatic carbocycles. The van der Waals surface area contributed by atoms with Crippen molar-refractivity contribution in [1.29, 1.82) is 0 Å². The van der Waals surface area contributed by atoms with Crippen LogP contribution < -0.4 is 0 Å². The standard InChI is InChI=1S/C12H21NS/c1-4-6-8-12-13-9-11(14-12)10(3)7-5-2/h9-10H,4-8H2,1-3H3.